The van der Waals surface area contributed by atoms with Crippen molar-refractivity contribution < 1.29 is 37.3 Å². The van der Waals surface area contributed by atoms with Gasteiger partial charge in [0.2, 0.25) is 0 Å². The van der Waals surface area contributed by atoms with E-state index in [1.54, 1.807) is 0 Å². The van der Waals surface area contributed by atoms with Crippen molar-refractivity contribution in [2.75, 3.05) is 54.1 Å². The number of rotatable bonds is 46. The van der Waals surface area contributed by atoms with Gasteiger partial charge in [-0.2, -0.15) is 0 Å². The van der Waals surface area contributed by atoms with Gasteiger partial charge < -0.3 is 18.9 Å². The smallest absolute Gasteiger partial charge is 0.457 e. The average molecular weight is 843 g/mol. The van der Waals surface area contributed by atoms with E-state index in [4.69, 9.17) is 18.5 Å². The zero-order valence-corrected chi connectivity index (χ0v) is 39.9. The molecule has 0 aliphatic heterocycles. The second-order valence-electron chi connectivity index (χ2n) is 17.9. The van der Waals surface area contributed by atoms with Gasteiger partial charge in [0.25, 0.3) is 0 Å². The third kappa shape index (κ3) is 46.1. The van der Waals surface area contributed by atoms with Crippen molar-refractivity contribution in [2.24, 2.45) is 0 Å². The van der Waals surface area contributed by atoms with Crippen molar-refractivity contribution in [3.63, 3.8) is 0 Å². The van der Waals surface area contributed by atoms with Gasteiger partial charge in [0.1, 0.15) is 19.3 Å². The van der Waals surface area contributed by atoms with Gasteiger partial charge >= 0.3 is 13.8 Å². The van der Waals surface area contributed by atoms with Crippen LogP contribution in [-0.2, 0) is 27.9 Å². The van der Waals surface area contributed by atoms with Gasteiger partial charge in [-0.25, -0.2) is 4.57 Å². The van der Waals surface area contributed by atoms with E-state index < -0.39 is 13.9 Å². The normalized spacial score (nSPS) is 13.8. The zero-order chi connectivity index (χ0) is 42.7. The Balaban J connectivity index is 4.15. The van der Waals surface area contributed by atoms with E-state index in [-0.39, 0.29) is 25.8 Å². The molecule has 9 heteroatoms. The summed E-state index contributed by atoms with van der Waals surface area (Å²) in [4.78, 5) is 23.0. The molecule has 58 heavy (non-hydrogen) atoms. The molecular weight excluding hydrogens is 746 g/mol. The van der Waals surface area contributed by atoms with Gasteiger partial charge in [-0.3, -0.25) is 13.8 Å². The Morgan fingerprint density at radius 1 is 0.534 bits per heavy atom. The number of hydrogen-bond donors (Lipinski definition) is 1. The number of phosphoric ester groups is 1. The molecule has 2 unspecified atom stereocenters. The number of unbranched alkanes of at least 4 members (excludes halogenated alkanes) is 28. The van der Waals surface area contributed by atoms with E-state index in [0.717, 1.165) is 38.5 Å². The zero-order valence-electron chi connectivity index (χ0n) is 39.0. The maximum absolute atomic E-state index is 12.7. The molecule has 0 heterocycles. The first-order chi connectivity index (χ1) is 28.1. The summed E-state index contributed by atoms with van der Waals surface area (Å²) in [5, 5.41) is 0. The van der Waals surface area contributed by atoms with Crippen LogP contribution in [0.15, 0.2) is 24.3 Å². The lowest BCUT2D eigenvalue weighted by Crippen LogP contribution is -2.37. The molecule has 0 spiro atoms. The molecule has 0 saturated carbocycles. The number of phosphoric acid groups is 1. The third-order valence-electron chi connectivity index (χ3n) is 10.8. The minimum Gasteiger partial charge on any atom is -0.457 e. The number of likely N-dealkylation sites (N-methyl/N-ethyl adjacent to an activating group) is 1. The highest BCUT2D eigenvalue weighted by molar-refractivity contribution is 7.47. The first-order valence-corrected chi connectivity index (χ1v) is 26.1. The standard InChI is InChI=1S/C49H96NO7P/c1-6-8-10-12-14-16-18-20-22-24-26-28-30-32-34-36-38-40-42-49(51)57-48(47-56-58(52,53)55-45-43-50(3,4)5)46-54-44-41-39-37-35-33-31-29-27-25-23-21-19-17-15-13-11-9-7-2/h15,17,21,23,48H,6-14,16,18-20,22,24-47H2,1-5H3/p+1/b17-15-,23-21-. The van der Waals surface area contributed by atoms with Gasteiger partial charge in [-0.1, -0.05) is 199 Å². The molecule has 1 N–H and O–H groups in total. The van der Waals surface area contributed by atoms with Crippen LogP contribution in [0.2, 0.25) is 0 Å². The van der Waals surface area contributed by atoms with E-state index in [1.165, 1.54) is 167 Å². The summed E-state index contributed by atoms with van der Waals surface area (Å²) < 4.78 is 35.1. The Morgan fingerprint density at radius 3 is 1.43 bits per heavy atom. The lowest BCUT2D eigenvalue weighted by atomic mass is 10.0. The molecule has 0 fully saturated rings. The van der Waals surface area contributed by atoms with Crippen LogP contribution in [0.4, 0.5) is 0 Å². The number of carbonyl (C=O) groups excluding carboxylic acids is 1. The van der Waals surface area contributed by atoms with Gasteiger partial charge in [-0.15, -0.1) is 0 Å². The van der Waals surface area contributed by atoms with E-state index in [0.29, 0.717) is 24.1 Å². The first kappa shape index (κ1) is 57.0. The minimum atomic E-state index is -4.28. The predicted molar refractivity (Wildman–Crippen MR) is 247 cm³/mol. The third-order valence-corrected chi connectivity index (χ3v) is 11.7. The fraction of sp³-hybridized carbons (Fsp3) is 0.898. The molecule has 0 rings (SSSR count). The summed E-state index contributed by atoms with van der Waals surface area (Å²) >= 11 is 0. The van der Waals surface area contributed by atoms with Crippen LogP contribution >= 0.6 is 7.82 Å². The first-order valence-electron chi connectivity index (χ1n) is 24.6. The van der Waals surface area contributed by atoms with Gasteiger partial charge in [0.05, 0.1) is 34.4 Å². The van der Waals surface area contributed by atoms with Crippen molar-refractivity contribution in [1.82, 2.24) is 0 Å². The second-order valence-corrected chi connectivity index (χ2v) is 19.3. The van der Waals surface area contributed by atoms with E-state index in [1.807, 2.05) is 21.1 Å². The molecule has 0 bridgehead atoms. The number of hydrogen-bond acceptors (Lipinski definition) is 6. The van der Waals surface area contributed by atoms with E-state index >= 15 is 0 Å². The van der Waals surface area contributed by atoms with Crippen LogP contribution < -0.4 is 0 Å². The van der Waals surface area contributed by atoms with Crippen LogP contribution in [0.25, 0.3) is 0 Å². The summed E-state index contributed by atoms with van der Waals surface area (Å²) in [5.74, 6) is -0.311. The van der Waals surface area contributed by atoms with E-state index in [2.05, 4.69) is 38.2 Å². The molecule has 0 saturated heterocycles. The molecule has 0 aromatic rings. The van der Waals surface area contributed by atoms with Crippen molar-refractivity contribution in [3.8, 4) is 0 Å². The Hall–Kier alpha value is -1.02. The summed E-state index contributed by atoms with van der Waals surface area (Å²) in [6.07, 6.45) is 49.2. The lowest BCUT2D eigenvalue weighted by Gasteiger charge is -2.24. The quantitative estimate of drug-likeness (QED) is 0.0215. The van der Waals surface area contributed by atoms with Crippen molar-refractivity contribution in [3.05, 3.63) is 24.3 Å². The molecule has 344 valence electrons. The molecule has 0 aliphatic carbocycles. The Bertz CT molecular complexity index is 983. The Kier molecular flexibility index (Phi) is 41.9. The fourth-order valence-corrected chi connectivity index (χ4v) is 7.68. The molecule has 0 aliphatic rings. The maximum atomic E-state index is 12.7. The topological polar surface area (TPSA) is 91.3 Å². The number of esters is 1. The van der Waals surface area contributed by atoms with Gasteiger partial charge in [-0.05, 0) is 44.9 Å². The minimum absolute atomic E-state index is 0.0896. The summed E-state index contributed by atoms with van der Waals surface area (Å²) in [5.41, 5.74) is 0. The summed E-state index contributed by atoms with van der Waals surface area (Å²) in [6, 6.07) is 0. The maximum Gasteiger partial charge on any atom is 0.472 e. The second kappa shape index (κ2) is 42.7. The highest BCUT2D eigenvalue weighted by Crippen LogP contribution is 2.43. The molecule has 0 amide bonds. The molecule has 0 aromatic carbocycles. The van der Waals surface area contributed by atoms with E-state index in [9.17, 15) is 14.3 Å². The van der Waals surface area contributed by atoms with Crippen molar-refractivity contribution in [1.29, 1.82) is 0 Å². The van der Waals surface area contributed by atoms with Crippen LogP contribution in [0.3, 0.4) is 0 Å². The largest absolute Gasteiger partial charge is 0.472 e. The highest BCUT2D eigenvalue weighted by Gasteiger charge is 2.26. The number of allylic oxidation sites excluding steroid dienone is 4. The molecule has 0 radical (unpaired) electrons. The van der Waals surface area contributed by atoms with Crippen LogP contribution in [0.1, 0.15) is 226 Å². The summed E-state index contributed by atoms with van der Waals surface area (Å²) in [7, 11) is 1.67. The number of nitrogens with zero attached hydrogens (tertiary/aromatic N) is 1. The van der Waals surface area contributed by atoms with Gasteiger partial charge in [0, 0.05) is 13.0 Å². The SMILES string of the molecule is CCCCC/C=C\C/C=C\CCCCCCCCCCOCC(COP(=O)(O)OCC[N+](C)(C)C)OC(=O)CCCCCCCCCCCCCCCCCCCC. The van der Waals surface area contributed by atoms with Crippen LogP contribution in [0, 0.1) is 0 Å². The van der Waals surface area contributed by atoms with Crippen molar-refractivity contribution >= 4 is 13.8 Å². The molecule has 2 atom stereocenters. The molecule has 0 aromatic heterocycles. The summed E-state index contributed by atoms with van der Waals surface area (Å²) in [6.45, 7) is 5.63. The Morgan fingerprint density at radius 2 is 0.948 bits per heavy atom. The average Bonchev–Trinajstić information content (AvgIpc) is 3.18. The fourth-order valence-electron chi connectivity index (χ4n) is 6.94. The Labute approximate surface area is 360 Å². The molecule has 8 nitrogen and oxygen atoms in total. The number of carbonyl (C=O) groups is 1. The number of quaternary nitrogens is 1. The molecular formula is C49H97NO7P+. The van der Waals surface area contributed by atoms with Crippen molar-refractivity contribution in [2.45, 2.75) is 232 Å². The lowest BCUT2D eigenvalue weighted by molar-refractivity contribution is -0.870. The highest BCUT2D eigenvalue weighted by atomic mass is 31.2. The van der Waals surface area contributed by atoms with Crippen LogP contribution in [0.5, 0.6) is 0 Å². The number of ether oxygens (including phenoxy) is 2. The van der Waals surface area contributed by atoms with Gasteiger partial charge in [0.15, 0.2) is 0 Å². The monoisotopic (exact) mass is 843 g/mol. The predicted octanol–water partition coefficient (Wildman–Crippen LogP) is 14.8. The van der Waals surface area contributed by atoms with Crippen LogP contribution in [-0.4, -0.2) is 75.6 Å².